The molecule has 0 radical (unpaired) electrons. The van der Waals surface area contributed by atoms with Crippen LogP contribution in [0.3, 0.4) is 0 Å². The number of nitrogens with zero attached hydrogens (tertiary/aromatic N) is 1. The van der Waals surface area contributed by atoms with Crippen molar-refractivity contribution in [3.63, 3.8) is 0 Å². The van der Waals surface area contributed by atoms with Crippen LogP contribution < -0.4 is 5.32 Å². The summed E-state index contributed by atoms with van der Waals surface area (Å²) in [5.41, 5.74) is 0. The number of hydrogen-bond donors (Lipinski definition) is 2. The molecule has 0 bridgehead atoms. The Labute approximate surface area is 113 Å². The van der Waals surface area contributed by atoms with Gasteiger partial charge in [-0.15, -0.1) is 0 Å². The fourth-order valence-electron chi connectivity index (χ4n) is 1.38. The number of amides is 2. The van der Waals surface area contributed by atoms with Crippen LogP contribution in [0.1, 0.15) is 27.2 Å². The standard InChI is InChI=1S/C12H24N2O3S/c1-8(2)9(3)14(4)12(17)13-10(11(15)16)6-7-18-5/h8-10H,6-7H2,1-5H3,(H,13,17)(H,15,16)/t9?,10-/m0/s1. The van der Waals surface area contributed by atoms with Crippen LogP contribution >= 0.6 is 11.8 Å². The lowest BCUT2D eigenvalue weighted by atomic mass is 10.1. The predicted octanol–water partition coefficient (Wildman–Crippen LogP) is 1.88. The quantitative estimate of drug-likeness (QED) is 0.745. The monoisotopic (exact) mass is 276 g/mol. The van der Waals surface area contributed by atoms with Gasteiger partial charge < -0.3 is 15.3 Å². The van der Waals surface area contributed by atoms with Crippen LogP contribution in [0.25, 0.3) is 0 Å². The average Bonchev–Trinajstić information content (AvgIpc) is 2.31. The van der Waals surface area contributed by atoms with Gasteiger partial charge in [-0.3, -0.25) is 0 Å². The molecule has 0 saturated carbocycles. The number of carboxylic acid groups (broad SMARTS) is 1. The number of carbonyl (C=O) groups excluding carboxylic acids is 1. The second-order valence-corrected chi connectivity index (χ2v) is 5.70. The smallest absolute Gasteiger partial charge is 0.326 e. The molecular weight excluding hydrogens is 252 g/mol. The zero-order valence-electron chi connectivity index (χ0n) is 11.8. The molecule has 1 unspecified atom stereocenters. The summed E-state index contributed by atoms with van der Waals surface area (Å²) in [7, 11) is 1.69. The van der Waals surface area contributed by atoms with Crippen molar-refractivity contribution < 1.29 is 14.7 Å². The largest absolute Gasteiger partial charge is 0.480 e. The van der Waals surface area contributed by atoms with Gasteiger partial charge in [0.15, 0.2) is 0 Å². The van der Waals surface area contributed by atoms with Crippen molar-refractivity contribution in [1.29, 1.82) is 0 Å². The van der Waals surface area contributed by atoms with E-state index in [9.17, 15) is 9.59 Å². The molecule has 0 heterocycles. The normalized spacial score (nSPS) is 14.1. The maximum atomic E-state index is 11.9. The summed E-state index contributed by atoms with van der Waals surface area (Å²) < 4.78 is 0. The highest BCUT2D eigenvalue weighted by Gasteiger charge is 2.24. The first-order valence-electron chi connectivity index (χ1n) is 6.06. The summed E-state index contributed by atoms with van der Waals surface area (Å²) in [5.74, 6) is 0.0546. The average molecular weight is 276 g/mol. The molecular formula is C12H24N2O3S. The SMILES string of the molecule is CSCC[C@H](NC(=O)N(C)C(C)C(C)C)C(=O)O. The zero-order chi connectivity index (χ0) is 14.3. The molecule has 0 aliphatic carbocycles. The second kappa shape index (κ2) is 8.24. The number of urea groups is 1. The van der Waals surface area contributed by atoms with Crippen LogP contribution in [-0.2, 0) is 4.79 Å². The van der Waals surface area contributed by atoms with Gasteiger partial charge in [0, 0.05) is 13.1 Å². The highest BCUT2D eigenvalue weighted by atomic mass is 32.2. The first kappa shape index (κ1) is 17.1. The van der Waals surface area contributed by atoms with Gasteiger partial charge in [-0.1, -0.05) is 13.8 Å². The summed E-state index contributed by atoms with van der Waals surface area (Å²) in [6, 6.07) is -1.07. The lowest BCUT2D eigenvalue weighted by Gasteiger charge is -2.29. The van der Waals surface area contributed by atoms with Crippen molar-refractivity contribution in [3.8, 4) is 0 Å². The Kier molecular flexibility index (Phi) is 7.82. The third-order valence-electron chi connectivity index (χ3n) is 3.10. The fraction of sp³-hybridized carbons (Fsp3) is 0.833. The number of hydrogen-bond acceptors (Lipinski definition) is 3. The van der Waals surface area contributed by atoms with Crippen LogP contribution in [0.2, 0.25) is 0 Å². The molecule has 0 rings (SSSR count). The van der Waals surface area contributed by atoms with Gasteiger partial charge in [0.05, 0.1) is 0 Å². The Bertz CT molecular complexity index is 284. The molecule has 0 aromatic carbocycles. The van der Waals surface area contributed by atoms with E-state index in [1.807, 2.05) is 27.0 Å². The Hall–Kier alpha value is -0.910. The third-order valence-corrected chi connectivity index (χ3v) is 3.75. The number of nitrogens with one attached hydrogen (secondary N) is 1. The number of aliphatic carboxylic acids is 1. The molecule has 0 aromatic heterocycles. The van der Waals surface area contributed by atoms with E-state index < -0.39 is 12.0 Å². The molecule has 0 saturated heterocycles. The molecule has 6 heteroatoms. The van der Waals surface area contributed by atoms with E-state index in [2.05, 4.69) is 5.32 Å². The third kappa shape index (κ3) is 5.62. The summed E-state index contributed by atoms with van der Waals surface area (Å²) in [6.45, 7) is 6.00. The zero-order valence-corrected chi connectivity index (χ0v) is 12.6. The molecule has 2 amide bonds. The van der Waals surface area contributed by atoms with Gasteiger partial charge in [-0.25, -0.2) is 9.59 Å². The van der Waals surface area contributed by atoms with Gasteiger partial charge in [0.2, 0.25) is 0 Å². The molecule has 5 nitrogen and oxygen atoms in total. The maximum absolute atomic E-state index is 11.9. The van der Waals surface area contributed by atoms with Crippen LogP contribution in [0, 0.1) is 5.92 Å². The molecule has 0 aromatic rings. The van der Waals surface area contributed by atoms with Crippen LogP contribution in [0.15, 0.2) is 0 Å². The van der Waals surface area contributed by atoms with Gasteiger partial charge in [-0.05, 0) is 31.3 Å². The molecule has 0 aliphatic rings. The minimum atomic E-state index is -0.983. The van der Waals surface area contributed by atoms with Crippen LogP contribution in [-0.4, -0.2) is 53.1 Å². The van der Waals surface area contributed by atoms with E-state index in [1.165, 1.54) is 0 Å². The first-order chi connectivity index (χ1) is 8.31. The van der Waals surface area contributed by atoms with Gasteiger partial charge in [0.25, 0.3) is 0 Å². The van der Waals surface area contributed by atoms with Gasteiger partial charge in [0.1, 0.15) is 6.04 Å². The predicted molar refractivity (Wildman–Crippen MR) is 75.0 cm³/mol. The Morgan fingerprint density at radius 3 is 2.28 bits per heavy atom. The topological polar surface area (TPSA) is 69.6 Å². The van der Waals surface area contributed by atoms with Crippen LogP contribution in [0.5, 0.6) is 0 Å². The first-order valence-corrected chi connectivity index (χ1v) is 7.45. The molecule has 0 aliphatic heterocycles. The van der Waals surface area contributed by atoms with Crippen molar-refractivity contribution in [2.45, 2.75) is 39.3 Å². The fourth-order valence-corrected chi connectivity index (χ4v) is 1.85. The molecule has 18 heavy (non-hydrogen) atoms. The summed E-state index contributed by atoms with van der Waals surface area (Å²) in [4.78, 5) is 24.5. The van der Waals surface area contributed by atoms with E-state index >= 15 is 0 Å². The van der Waals surface area contributed by atoms with Crippen molar-refractivity contribution in [2.24, 2.45) is 5.92 Å². The summed E-state index contributed by atoms with van der Waals surface area (Å²) in [5, 5.41) is 11.6. The van der Waals surface area contributed by atoms with Crippen molar-refractivity contribution in [3.05, 3.63) is 0 Å². The number of carbonyl (C=O) groups is 2. The maximum Gasteiger partial charge on any atom is 0.326 e. The minimum Gasteiger partial charge on any atom is -0.480 e. The van der Waals surface area contributed by atoms with Gasteiger partial charge >= 0.3 is 12.0 Å². The van der Waals surface area contributed by atoms with Crippen molar-refractivity contribution in [1.82, 2.24) is 10.2 Å². The van der Waals surface area contributed by atoms with E-state index in [1.54, 1.807) is 23.7 Å². The number of thioether (sulfide) groups is 1. The lowest BCUT2D eigenvalue weighted by Crippen LogP contribution is -2.50. The van der Waals surface area contributed by atoms with Crippen molar-refractivity contribution >= 4 is 23.8 Å². The van der Waals surface area contributed by atoms with Crippen LogP contribution in [0.4, 0.5) is 4.79 Å². The van der Waals surface area contributed by atoms with E-state index in [4.69, 9.17) is 5.11 Å². The number of carboxylic acids is 1. The van der Waals surface area contributed by atoms with E-state index in [0.717, 1.165) is 0 Å². The highest BCUT2D eigenvalue weighted by Crippen LogP contribution is 2.09. The second-order valence-electron chi connectivity index (χ2n) is 4.72. The van der Waals surface area contributed by atoms with Gasteiger partial charge in [-0.2, -0.15) is 11.8 Å². The molecule has 0 fully saturated rings. The Morgan fingerprint density at radius 1 is 1.33 bits per heavy atom. The Morgan fingerprint density at radius 2 is 1.89 bits per heavy atom. The lowest BCUT2D eigenvalue weighted by molar-refractivity contribution is -0.139. The minimum absolute atomic E-state index is 0.0694. The molecule has 2 atom stereocenters. The summed E-state index contributed by atoms with van der Waals surface area (Å²) >= 11 is 1.57. The molecule has 106 valence electrons. The molecule has 0 spiro atoms. The highest BCUT2D eigenvalue weighted by molar-refractivity contribution is 7.98. The van der Waals surface area contributed by atoms with E-state index in [0.29, 0.717) is 18.1 Å². The summed E-state index contributed by atoms with van der Waals surface area (Å²) in [6.07, 6.45) is 2.35. The number of rotatable bonds is 7. The Balaban J connectivity index is 4.45. The van der Waals surface area contributed by atoms with Crippen molar-refractivity contribution in [2.75, 3.05) is 19.1 Å². The molecule has 2 N–H and O–H groups in total. The van der Waals surface area contributed by atoms with E-state index in [-0.39, 0.29) is 12.1 Å².